The fraction of sp³-hybridized carbons (Fsp3) is 0.400. The smallest absolute Gasteiger partial charge is 0.305 e. The molecule has 0 heterocycles. The molecule has 0 aliphatic heterocycles. The largest absolute Gasteiger partial charge is 0.497 e. The van der Waals surface area contributed by atoms with Gasteiger partial charge in [-0.15, -0.1) is 11.8 Å². The molecule has 0 aliphatic carbocycles. The van der Waals surface area contributed by atoms with Gasteiger partial charge in [-0.3, -0.25) is 4.79 Å². The zero-order chi connectivity index (χ0) is 18.9. The minimum absolute atomic E-state index is 0.135. The summed E-state index contributed by atoms with van der Waals surface area (Å²) in [7, 11) is 4.63. The molecule has 0 N–H and O–H groups in total. The van der Waals surface area contributed by atoms with Gasteiger partial charge >= 0.3 is 5.97 Å². The summed E-state index contributed by atoms with van der Waals surface area (Å²) in [5.41, 5.74) is 0.900. The second-order valence-electron chi connectivity index (χ2n) is 5.86. The predicted octanol–water partition coefficient (Wildman–Crippen LogP) is 4.67. The molecule has 2 rings (SSSR count). The number of thioether (sulfide) groups is 1. The molecule has 0 aromatic heterocycles. The van der Waals surface area contributed by atoms with E-state index in [1.807, 2.05) is 19.1 Å². The maximum Gasteiger partial charge on any atom is 0.305 e. The van der Waals surface area contributed by atoms with Crippen molar-refractivity contribution >= 4 is 34.2 Å². The highest BCUT2D eigenvalue weighted by atomic mass is 32.2. The highest BCUT2D eigenvalue weighted by Gasteiger charge is 2.16. The molecule has 140 valence electrons. The molecule has 0 saturated heterocycles. The zero-order valence-corrected chi connectivity index (χ0v) is 16.5. The topological polar surface area (TPSA) is 57.1 Å². The van der Waals surface area contributed by atoms with Crippen LogP contribution >= 0.6 is 11.8 Å². The Hall–Kier alpha value is -2.21. The van der Waals surface area contributed by atoms with Crippen molar-refractivity contribution < 1.29 is 19.1 Å². The third-order valence-electron chi connectivity index (χ3n) is 4.07. The van der Waals surface area contributed by atoms with Crippen molar-refractivity contribution in [1.82, 2.24) is 0 Å². The average Bonchev–Trinajstić information content (AvgIpc) is 2.66. The fourth-order valence-corrected chi connectivity index (χ4v) is 3.82. The van der Waals surface area contributed by atoms with Crippen LogP contribution in [0.5, 0.6) is 5.75 Å². The van der Waals surface area contributed by atoms with Gasteiger partial charge in [-0.05, 0) is 54.8 Å². The quantitative estimate of drug-likeness (QED) is 0.276. The fourth-order valence-electron chi connectivity index (χ4n) is 2.66. The Morgan fingerprint density at radius 1 is 1.12 bits per heavy atom. The second-order valence-corrected chi connectivity index (χ2v) is 7.14. The molecule has 2 aromatic rings. The summed E-state index contributed by atoms with van der Waals surface area (Å²) in [5.74, 6) is 0.663. The lowest BCUT2D eigenvalue weighted by atomic mass is 10.1. The van der Waals surface area contributed by atoms with Crippen molar-refractivity contribution in [2.75, 3.05) is 21.3 Å². The van der Waals surface area contributed by atoms with E-state index in [1.54, 1.807) is 26.0 Å². The molecule has 0 saturated carbocycles. The van der Waals surface area contributed by atoms with Crippen LogP contribution in [0.2, 0.25) is 0 Å². The van der Waals surface area contributed by atoms with Crippen LogP contribution in [-0.2, 0) is 14.4 Å². The van der Waals surface area contributed by atoms with Crippen LogP contribution in [0.4, 0.5) is 0 Å². The van der Waals surface area contributed by atoms with Crippen LogP contribution in [0.25, 0.3) is 10.8 Å². The highest BCUT2D eigenvalue weighted by Crippen LogP contribution is 2.31. The van der Waals surface area contributed by atoms with Crippen molar-refractivity contribution in [2.45, 2.75) is 36.3 Å². The molecule has 0 amide bonds. The summed E-state index contributed by atoms with van der Waals surface area (Å²) in [6.45, 7) is 1.95. The van der Waals surface area contributed by atoms with E-state index < -0.39 is 0 Å². The molecule has 0 fully saturated rings. The van der Waals surface area contributed by atoms with Crippen molar-refractivity contribution in [3.63, 3.8) is 0 Å². The minimum atomic E-state index is -0.185. The van der Waals surface area contributed by atoms with Crippen molar-refractivity contribution in [1.29, 1.82) is 0 Å². The number of hydrogen-bond donors (Lipinski definition) is 0. The van der Waals surface area contributed by atoms with Crippen molar-refractivity contribution in [3.8, 4) is 5.75 Å². The van der Waals surface area contributed by atoms with Crippen LogP contribution in [0, 0.1) is 0 Å². The normalized spacial score (nSPS) is 12.7. The van der Waals surface area contributed by atoms with Gasteiger partial charge in [0.15, 0.2) is 0 Å². The lowest BCUT2D eigenvalue weighted by Gasteiger charge is -2.16. The number of esters is 1. The lowest BCUT2D eigenvalue weighted by Crippen LogP contribution is -2.15. The number of carbonyl (C=O) groups excluding carboxylic acids is 1. The van der Waals surface area contributed by atoms with Gasteiger partial charge in [0, 0.05) is 11.3 Å². The monoisotopic (exact) mass is 375 g/mol. The number of methoxy groups -OCH3 is 2. The number of oxime groups is 1. The molecule has 1 unspecified atom stereocenters. The van der Waals surface area contributed by atoms with Gasteiger partial charge in [0.1, 0.15) is 12.9 Å². The average molecular weight is 375 g/mol. The predicted molar refractivity (Wildman–Crippen MR) is 106 cm³/mol. The van der Waals surface area contributed by atoms with Crippen molar-refractivity contribution in [2.24, 2.45) is 5.16 Å². The third kappa shape index (κ3) is 5.66. The second kappa shape index (κ2) is 10.1. The highest BCUT2D eigenvalue weighted by molar-refractivity contribution is 8.00. The minimum Gasteiger partial charge on any atom is -0.497 e. The van der Waals surface area contributed by atoms with Gasteiger partial charge in [-0.1, -0.05) is 17.3 Å². The Morgan fingerprint density at radius 2 is 1.85 bits per heavy atom. The van der Waals surface area contributed by atoms with Gasteiger partial charge < -0.3 is 14.3 Å². The first kappa shape index (κ1) is 20.1. The van der Waals surface area contributed by atoms with Gasteiger partial charge in [-0.25, -0.2) is 0 Å². The molecule has 1 atom stereocenters. The van der Waals surface area contributed by atoms with Crippen LogP contribution in [-0.4, -0.2) is 38.3 Å². The van der Waals surface area contributed by atoms with E-state index in [9.17, 15) is 4.79 Å². The first-order valence-electron chi connectivity index (χ1n) is 8.46. The van der Waals surface area contributed by atoms with E-state index in [2.05, 4.69) is 29.4 Å². The van der Waals surface area contributed by atoms with Crippen LogP contribution in [0.1, 0.15) is 26.2 Å². The Labute approximate surface area is 158 Å². The maximum absolute atomic E-state index is 11.4. The van der Waals surface area contributed by atoms with Crippen LogP contribution < -0.4 is 4.74 Å². The van der Waals surface area contributed by atoms with Crippen LogP contribution in [0.3, 0.4) is 0 Å². The summed E-state index contributed by atoms with van der Waals surface area (Å²) in [4.78, 5) is 17.4. The van der Waals surface area contributed by atoms with E-state index >= 15 is 0 Å². The molecular formula is C20H25NO4S. The SMILES string of the molecule is CON=C(C)C(CCCC(=O)OC)Sc1ccc2cc(OC)ccc2c1. The summed E-state index contributed by atoms with van der Waals surface area (Å²) in [6, 6.07) is 12.4. The summed E-state index contributed by atoms with van der Waals surface area (Å²) >= 11 is 1.73. The number of nitrogens with zero attached hydrogens (tertiary/aromatic N) is 1. The Balaban J connectivity index is 2.14. The Bertz CT molecular complexity index is 775. The molecule has 5 nitrogen and oxygen atoms in total. The van der Waals surface area contributed by atoms with E-state index in [-0.39, 0.29) is 11.2 Å². The Morgan fingerprint density at radius 3 is 2.54 bits per heavy atom. The molecule has 0 bridgehead atoms. The molecule has 26 heavy (non-hydrogen) atoms. The van der Waals surface area contributed by atoms with Crippen molar-refractivity contribution in [3.05, 3.63) is 36.4 Å². The van der Waals surface area contributed by atoms with Gasteiger partial charge in [-0.2, -0.15) is 0 Å². The molecule has 0 aliphatic rings. The van der Waals surface area contributed by atoms with Gasteiger partial charge in [0.05, 0.1) is 25.2 Å². The first-order valence-corrected chi connectivity index (χ1v) is 9.34. The van der Waals surface area contributed by atoms with E-state index in [1.165, 1.54) is 7.11 Å². The summed E-state index contributed by atoms with van der Waals surface area (Å²) in [6.07, 6.45) is 1.97. The van der Waals surface area contributed by atoms with E-state index in [0.717, 1.165) is 40.0 Å². The molecule has 0 spiro atoms. The van der Waals surface area contributed by atoms with E-state index in [4.69, 9.17) is 14.3 Å². The molecule has 2 aromatic carbocycles. The molecular weight excluding hydrogens is 350 g/mol. The maximum atomic E-state index is 11.4. The Kier molecular flexibility index (Phi) is 7.78. The number of carbonyl (C=O) groups is 1. The summed E-state index contributed by atoms with van der Waals surface area (Å²) in [5, 5.41) is 6.52. The van der Waals surface area contributed by atoms with E-state index in [0.29, 0.717) is 6.42 Å². The molecule has 6 heteroatoms. The number of ether oxygens (including phenoxy) is 2. The van der Waals surface area contributed by atoms with Gasteiger partial charge in [0.2, 0.25) is 0 Å². The number of hydrogen-bond acceptors (Lipinski definition) is 6. The number of fused-ring (bicyclic) bond motifs is 1. The molecule has 0 radical (unpaired) electrons. The van der Waals surface area contributed by atoms with Gasteiger partial charge in [0.25, 0.3) is 0 Å². The zero-order valence-electron chi connectivity index (χ0n) is 15.7. The third-order valence-corrected chi connectivity index (χ3v) is 5.46. The number of benzene rings is 2. The summed E-state index contributed by atoms with van der Waals surface area (Å²) < 4.78 is 9.99. The van der Waals surface area contributed by atoms with Crippen LogP contribution in [0.15, 0.2) is 46.4 Å². The lowest BCUT2D eigenvalue weighted by molar-refractivity contribution is -0.140. The number of rotatable bonds is 9. The first-order chi connectivity index (χ1) is 12.6. The standard InChI is InChI=1S/C20H25NO4S/c1-14(21-25-4)19(6-5-7-20(22)24-3)26-18-11-9-15-12-17(23-2)10-8-16(15)13-18/h8-13,19H,5-7H2,1-4H3.